The molecule has 0 bridgehead atoms. The van der Waals surface area contributed by atoms with Gasteiger partial charge in [0.15, 0.2) is 15.0 Å². The van der Waals surface area contributed by atoms with Crippen molar-refractivity contribution >= 4 is 67.0 Å². The molecular formula is C17H11Cl3N2O3S2. The maximum Gasteiger partial charge on any atom is 0.241 e. The number of thiazole rings is 1. The standard InChI is InChI=1S/C17H11Cl3N2O3S2/c18-11-2-4-12(5-3-11)27(24,25)9-16(23)22-17-21-15(8-26-17)10-1-6-13(19)14(20)7-10/h1-8H,9H2,(H,21,22,23). The van der Waals surface area contributed by atoms with Crippen molar-refractivity contribution in [2.75, 3.05) is 11.1 Å². The van der Waals surface area contributed by atoms with Gasteiger partial charge in [-0.1, -0.05) is 40.9 Å². The molecule has 1 amide bonds. The van der Waals surface area contributed by atoms with Crippen LogP contribution >= 0.6 is 46.1 Å². The predicted octanol–water partition coefficient (Wildman–Crippen LogP) is 5.18. The molecule has 0 fully saturated rings. The lowest BCUT2D eigenvalue weighted by molar-refractivity contribution is -0.113. The molecule has 0 aliphatic rings. The predicted molar refractivity (Wildman–Crippen MR) is 110 cm³/mol. The van der Waals surface area contributed by atoms with Gasteiger partial charge in [-0.2, -0.15) is 0 Å². The Morgan fingerprint density at radius 2 is 1.74 bits per heavy atom. The summed E-state index contributed by atoms with van der Waals surface area (Å²) < 4.78 is 24.6. The number of carbonyl (C=O) groups excluding carboxylic acids is 1. The van der Waals surface area contributed by atoms with Crippen molar-refractivity contribution < 1.29 is 13.2 Å². The first-order valence-corrected chi connectivity index (χ1v) is 11.1. The number of nitrogens with one attached hydrogen (secondary N) is 1. The molecule has 0 atom stereocenters. The van der Waals surface area contributed by atoms with Crippen LogP contribution in [0.5, 0.6) is 0 Å². The first-order chi connectivity index (χ1) is 12.7. The summed E-state index contributed by atoms with van der Waals surface area (Å²) in [6.07, 6.45) is 0. The van der Waals surface area contributed by atoms with Crippen LogP contribution in [0.4, 0.5) is 5.13 Å². The maximum atomic E-state index is 12.3. The number of rotatable bonds is 5. The van der Waals surface area contributed by atoms with Crippen LogP contribution in [0.25, 0.3) is 11.3 Å². The molecule has 0 saturated heterocycles. The summed E-state index contributed by atoms with van der Waals surface area (Å²) in [6.45, 7) is 0. The molecule has 0 unspecified atom stereocenters. The molecule has 0 spiro atoms. The zero-order valence-electron chi connectivity index (χ0n) is 13.4. The number of halogens is 3. The minimum Gasteiger partial charge on any atom is -0.301 e. The number of anilines is 1. The Bertz CT molecular complexity index is 1100. The van der Waals surface area contributed by atoms with Gasteiger partial charge in [0.05, 0.1) is 20.6 Å². The number of sulfone groups is 1. The van der Waals surface area contributed by atoms with E-state index in [2.05, 4.69) is 10.3 Å². The Hall–Kier alpha value is -1.64. The topological polar surface area (TPSA) is 76.1 Å². The van der Waals surface area contributed by atoms with Gasteiger partial charge in [0.25, 0.3) is 0 Å². The zero-order valence-corrected chi connectivity index (χ0v) is 17.3. The van der Waals surface area contributed by atoms with E-state index < -0.39 is 21.5 Å². The molecule has 140 valence electrons. The van der Waals surface area contributed by atoms with Gasteiger partial charge in [0, 0.05) is 16.0 Å². The van der Waals surface area contributed by atoms with Crippen LogP contribution in [0.15, 0.2) is 52.7 Å². The molecule has 0 aliphatic carbocycles. The largest absolute Gasteiger partial charge is 0.301 e. The van der Waals surface area contributed by atoms with Crippen LogP contribution in [-0.2, 0) is 14.6 Å². The highest BCUT2D eigenvalue weighted by atomic mass is 35.5. The molecule has 3 rings (SSSR count). The van der Waals surface area contributed by atoms with Gasteiger partial charge in [0.1, 0.15) is 5.75 Å². The average molecular weight is 462 g/mol. The SMILES string of the molecule is O=C(CS(=O)(=O)c1ccc(Cl)cc1)Nc1nc(-c2ccc(Cl)c(Cl)c2)cs1. The molecule has 1 heterocycles. The lowest BCUT2D eigenvalue weighted by Gasteiger charge is -2.04. The molecule has 1 N–H and O–H groups in total. The van der Waals surface area contributed by atoms with Gasteiger partial charge in [-0.05, 0) is 36.4 Å². The molecule has 0 aliphatic heterocycles. The summed E-state index contributed by atoms with van der Waals surface area (Å²) in [5.74, 6) is -1.38. The van der Waals surface area contributed by atoms with E-state index in [0.717, 1.165) is 5.56 Å². The van der Waals surface area contributed by atoms with Crippen LogP contribution in [0.1, 0.15) is 0 Å². The van der Waals surface area contributed by atoms with Crippen LogP contribution in [0.3, 0.4) is 0 Å². The van der Waals surface area contributed by atoms with Crippen LogP contribution in [0, 0.1) is 0 Å². The normalized spacial score (nSPS) is 11.4. The summed E-state index contributed by atoms with van der Waals surface area (Å²) in [4.78, 5) is 16.4. The molecule has 2 aromatic carbocycles. The smallest absolute Gasteiger partial charge is 0.241 e. The molecule has 27 heavy (non-hydrogen) atoms. The molecule has 0 radical (unpaired) electrons. The lowest BCUT2D eigenvalue weighted by Crippen LogP contribution is -2.22. The van der Waals surface area contributed by atoms with Gasteiger partial charge < -0.3 is 5.32 Å². The second-order valence-electron chi connectivity index (χ2n) is 5.43. The van der Waals surface area contributed by atoms with Crippen molar-refractivity contribution in [1.29, 1.82) is 0 Å². The minimum atomic E-state index is -3.78. The van der Waals surface area contributed by atoms with Crippen LogP contribution in [0.2, 0.25) is 15.1 Å². The molecule has 5 nitrogen and oxygen atoms in total. The number of amides is 1. The van der Waals surface area contributed by atoms with E-state index >= 15 is 0 Å². The van der Waals surface area contributed by atoms with E-state index in [1.165, 1.54) is 35.6 Å². The average Bonchev–Trinajstić information content (AvgIpc) is 3.05. The Labute approximate surface area is 174 Å². The molecule has 0 saturated carbocycles. The number of nitrogens with zero attached hydrogens (tertiary/aromatic N) is 1. The van der Waals surface area contributed by atoms with Crippen LogP contribution < -0.4 is 5.32 Å². The van der Waals surface area contributed by atoms with E-state index in [1.54, 1.807) is 23.6 Å². The lowest BCUT2D eigenvalue weighted by atomic mass is 10.2. The van der Waals surface area contributed by atoms with E-state index in [4.69, 9.17) is 34.8 Å². The second-order valence-corrected chi connectivity index (χ2v) is 9.53. The van der Waals surface area contributed by atoms with Crippen molar-refractivity contribution in [1.82, 2.24) is 4.98 Å². The van der Waals surface area contributed by atoms with E-state index in [-0.39, 0.29) is 10.0 Å². The Morgan fingerprint density at radius 1 is 1.04 bits per heavy atom. The minimum absolute atomic E-state index is 0.0256. The van der Waals surface area contributed by atoms with Crippen molar-refractivity contribution in [2.45, 2.75) is 4.90 Å². The van der Waals surface area contributed by atoms with Crippen LogP contribution in [-0.4, -0.2) is 25.1 Å². The first-order valence-electron chi connectivity index (χ1n) is 7.44. The summed E-state index contributed by atoms with van der Waals surface area (Å²) >= 11 is 18.8. The third-order valence-electron chi connectivity index (χ3n) is 3.46. The Kier molecular flexibility index (Phi) is 6.08. The monoisotopic (exact) mass is 460 g/mol. The summed E-state index contributed by atoms with van der Waals surface area (Å²) in [5.41, 5.74) is 1.32. The fourth-order valence-corrected chi connectivity index (χ4v) is 4.47. The fraction of sp³-hybridized carbons (Fsp3) is 0.0588. The third kappa shape index (κ3) is 5.00. The highest BCUT2D eigenvalue weighted by molar-refractivity contribution is 7.92. The summed E-state index contributed by atoms with van der Waals surface area (Å²) in [7, 11) is -3.78. The molecular weight excluding hydrogens is 451 g/mol. The van der Waals surface area contributed by atoms with Crippen molar-refractivity contribution in [3.8, 4) is 11.3 Å². The number of carbonyl (C=O) groups is 1. The number of hydrogen-bond donors (Lipinski definition) is 1. The zero-order chi connectivity index (χ0) is 19.6. The third-order valence-corrected chi connectivity index (χ3v) is 6.84. The molecule has 1 aromatic heterocycles. The van der Waals surface area contributed by atoms with Gasteiger partial charge in [-0.3, -0.25) is 4.79 Å². The van der Waals surface area contributed by atoms with Gasteiger partial charge >= 0.3 is 0 Å². The van der Waals surface area contributed by atoms with Crippen molar-refractivity contribution in [3.63, 3.8) is 0 Å². The second kappa shape index (κ2) is 8.16. The van der Waals surface area contributed by atoms with Gasteiger partial charge in [-0.15, -0.1) is 11.3 Å². The summed E-state index contributed by atoms with van der Waals surface area (Å²) in [5, 5.41) is 5.74. The molecule has 3 aromatic rings. The van der Waals surface area contributed by atoms with Gasteiger partial charge in [0.2, 0.25) is 5.91 Å². The number of hydrogen-bond acceptors (Lipinski definition) is 5. The maximum absolute atomic E-state index is 12.3. The van der Waals surface area contributed by atoms with Crippen molar-refractivity contribution in [2.24, 2.45) is 0 Å². The number of benzene rings is 2. The quantitative estimate of drug-likeness (QED) is 0.568. The Morgan fingerprint density at radius 3 is 2.41 bits per heavy atom. The molecule has 10 heteroatoms. The van der Waals surface area contributed by atoms with E-state index in [9.17, 15) is 13.2 Å². The number of aromatic nitrogens is 1. The van der Waals surface area contributed by atoms with Gasteiger partial charge in [-0.25, -0.2) is 13.4 Å². The van der Waals surface area contributed by atoms with E-state index in [1.807, 2.05) is 0 Å². The highest BCUT2D eigenvalue weighted by Crippen LogP contribution is 2.30. The highest BCUT2D eigenvalue weighted by Gasteiger charge is 2.20. The van der Waals surface area contributed by atoms with E-state index in [0.29, 0.717) is 20.8 Å². The van der Waals surface area contributed by atoms with Crippen molar-refractivity contribution in [3.05, 3.63) is 62.9 Å². The Balaban J connectivity index is 1.70. The fourth-order valence-electron chi connectivity index (χ4n) is 2.17. The first kappa shape index (κ1) is 20.1. The summed E-state index contributed by atoms with van der Waals surface area (Å²) in [6, 6.07) is 10.7.